The first-order valence-corrected chi connectivity index (χ1v) is 12.7. The average molecular weight is 542 g/mol. The molecule has 0 radical (unpaired) electrons. The fourth-order valence-corrected chi connectivity index (χ4v) is 5.66. The predicted molar refractivity (Wildman–Crippen MR) is 143 cm³/mol. The second-order valence-corrected chi connectivity index (χ2v) is 9.85. The van der Waals surface area contributed by atoms with E-state index in [9.17, 15) is 14.9 Å². The summed E-state index contributed by atoms with van der Waals surface area (Å²) in [6.45, 7) is 0.597. The molecule has 0 saturated carbocycles. The quantitative estimate of drug-likeness (QED) is 0.205. The number of hydrogen-bond donors (Lipinski definition) is 1. The molecule has 1 N–H and O–H groups in total. The van der Waals surface area contributed by atoms with Gasteiger partial charge >= 0.3 is 0 Å². The molecule has 4 heterocycles. The van der Waals surface area contributed by atoms with Crippen LogP contribution in [-0.2, 0) is 6.42 Å². The third-order valence-electron chi connectivity index (χ3n) is 7.25. The SMILES string of the molecule is O=C(c1ccc(-c2ccc(Cl)cc2[N+](=O)[O-])o1)N1CCc2c([nH]c3ccccc23)[C@@H]1c1ccc2c(c1)OCO2. The largest absolute Gasteiger partial charge is 0.454 e. The van der Waals surface area contributed by atoms with Crippen molar-refractivity contribution in [1.82, 2.24) is 9.88 Å². The number of nitro groups is 1. The second kappa shape index (κ2) is 8.92. The normalized spacial score (nSPS) is 15.9. The van der Waals surface area contributed by atoms with E-state index in [1.54, 1.807) is 23.1 Å². The average Bonchev–Trinajstić information content (AvgIpc) is 3.70. The maximum Gasteiger partial charge on any atom is 0.290 e. The van der Waals surface area contributed by atoms with E-state index in [1.165, 1.54) is 12.1 Å². The minimum absolute atomic E-state index is 0.0829. The lowest BCUT2D eigenvalue weighted by molar-refractivity contribution is -0.384. The van der Waals surface area contributed by atoms with Crippen LogP contribution in [0.25, 0.3) is 22.2 Å². The number of carbonyl (C=O) groups is 1. The van der Waals surface area contributed by atoms with Gasteiger partial charge in [0.2, 0.25) is 6.79 Å². The summed E-state index contributed by atoms with van der Waals surface area (Å²) < 4.78 is 17.1. The molecule has 1 atom stereocenters. The summed E-state index contributed by atoms with van der Waals surface area (Å²) in [5.41, 5.74) is 3.99. The first-order chi connectivity index (χ1) is 19.0. The number of amides is 1. The Balaban J connectivity index is 1.31. The molecule has 5 aromatic rings. The first kappa shape index (κ1) is 23.4. The van der Waals surface area contributed by atoms with E-state index in [0.717, 1.165) is 27.7 Å². The van der Waals surface area contributed by atoms with Crippen LogP contribution in [0.5, 0.6) is 11.5 Å². The Morgan fingerprint density at radius 3 is 2.74 bits per heavy atom. The lowest BCUT2D eigenvalue weighted by Gasteiger charge is -2.35. The highest BCUT2D eigenvalue weighted by atomic mass is 35.5. The maximum atomic E-state index is 14.0. The molecule has 194 valence electrons. The summed E-state index contributed by atoms with van der Waals surface area (Å²) >= 11 is 5.97. The van der Waals surface area contributed by atoms with Crippen molar-refractivity contribution in [2.24, 2.45) is 0 Å². The van der Waals surface area contributed by atoms with Crippen molar-refractivity contribution in [1.29, 1.82) is 0 Å². The van der Waals surface area contributed by atoms with E-state index in [2.05, 4.69) is 11.1 Å². The van der Waals surface area contributed by atoms with Crippen LogP contribution < -0.4 is 9.47 Å². The lowest BCUT2D eigenvalue weighted by Crippen LogP contribution is -2.40. The number of furan rings is 1. The molecule has 0 unspecified atom stereocenters. The number of aromatic amines is 1. The zero-order valence-corrected chi connectivity index (χ0v) is 21.1. The van der Waals surface area contributed by atoms with E-state index < -0.39 is 11.0 Å². The van der Waals surface area contributed by atoms with Crippen LogP contribution >= 0.6 is 11.6 Å². The van der Waals surface area contributed by atoms with Crippen molar-refractivity contribution >= 4 is 34.1 Å². The molecule has 2 aliphatic heterocycles. The molecule has 0 fully saturated rings. The molecule has 3 aromatic carbocycles. The van der Waals surface area contributed by atoms with Gasteiger partial charge in [-0.2, -0.15) is 0 Å². The fourth-order valence-electron chi connectivity index (χ4n) is 5.49. The van der Waals surface area contributed by atoms with Crippen molar-refractivity contribution in [3.8, 4) is 22.8 Å². The van der Waals surface area contributed by atoms with Gasteiger partial charge in [0, 0.05) is 34.2 Å². The second-order valence-electron chi connectivity index (χ2n) is 9.41. The number of rotatable bonds is 4. The van der Waals surface area contributed by atoms with Gasteiger partial charge in [0.25, 0.3) is 11.6 Å². The van der Waals surface area contributed by atoms with Gasteiger partial charge in [-0.05, 0) is 60.0 Å². The third-order valence-corrected chi connectivity index (χ3v) is 7.48. The Bertz CT molecular complexity index is 1790. The topological polar surface area (TPSA) is 111 Å². The molecule has 2 aliphatic rings. The number of para-hydroxylation sites is 1. The van der Waals surface area contributed by atoms with Gasteiger partial charge in [-0.25, -0.2) is 0 Å². The number of aromatic nitrogens is 1. The van der Waals surface area contributed by atoms with Crippen molar-refractivity contribution in [2.75, 3.05) is 13.3 Å². The number of hydrogen-bond acceptors (Lipinski definition) is 6. The van der Waals surface area contributed by atoms with Crippen molar-refractivity contribution < 1.29 is 23.6 Å². The lowest BCUT2D eigenvalue weighted by atomic mass is 9.92. The number of halogens is 1. The van der Waals surface area contributed by atoms with E-state index in [4.69, 9.17) is 25.5 Å². The standard InChI is InChI=1S/C29H20ClN3O6/c30-17-6-7-20(22(14-17)33(35)36)23-9-10-25(39-23)29(34)32-12-11-19-18-3-1-2-4-21(18)31-27(19)28(32)16-5-8-24-26(13-16)38-15-37-24/h1-10,13-14,28,31H,11-12,15H2/t28-/m0/s1. The summed E-state index contributed by atoms with van der Waals surface area (Å²) in [6, 6.07) is 20.8. The molecule has 0 bridgehead atoms. The molecule has 10 heteroatoms. The van der Waals surface area contributed by atoms with Gasteiger partial charge in [-0.3, -0.25) is 14.9 Å². The van der Waals surface area contributed by atoms with Gasteiger partial charge in [0.05, 0.1) is 16.5 Å². The summed E-state index contributed by atoms with van der Waals surface area (Å²) in [5.74, 6) is 1.25. The highest BCUT2D eigenvalue weighted by molar-refractivity contribution is 6.30. The first-order valence-electron chi connectivity index (χ1n) is 12.3. The number of ether oxygens (including phenoxy) is 2. The van der Waals surface area contributed by atoms with Crippen LogP contribution in [0.4, 0.5) is 5.69 Å². The van der Waals surface area contributed by atoms with Crippen LogP contribution in [0.1, 0.15) is 33.4 Å². The minimum Gasteiger partial charge on any atom is -0.454 e. The zero-order valence-electron chi connectivity index (χ0n) is 20.3. The Morgan fingerprint density at radius 2 is 1.87 bits per heavy atom. The molecule has 7 rings (SSSR count). The minimum atomic E-state index is -0.525. The molecular formula is C29H20ClN3O6. The Kier molecular flexibility index (Phi) is 5.34. The molecule has 0 aliphatic carbocycles. The Morgan fingerprint density at radius 1 is 1.03 bits per heavy atom. The fraction of sp³-hybridized carbons (Fsp3) is 0.138. The Labute approximate surface area is 226 Å². The van der Waals surface area contributed by atoms with Crippen LogP contribution in [0.3, 0.4) is 0 Å². The molecule has 9 nitrogen and oxygen atoms in total. The zero-order chi connectivity index (χ0) is 26.7. The van der Waals surface area contributed by atoms with E-state index in [1.807, 2.05) is 36.4 Å². The van der Waals surface area contributed by atoms with Gasteiger partial charge in [0.15, 0.2) is 17.3 Å². The predicted octanol–water partition coefficient (Wildman–Crippen LogP) is 6.51. The van der Waals surface area contributed by atoms with Crippen LogP contribution in [0, 0.1) is 10.1 Å². The number of benzene rings is 3. The third kappa shape index (κ3) is 3.81. The van der Waals surface area contributed by atoms with Gasteiger partial charge in [-0.1, -0.05) is 35.9 Å². The smallest absolute Gasteiger partial charge is 0.290 e. The van der Waals surface area contributed by atoms with E-state index >= 15 is 0 Å². The molecular weight excluding hydrogens is 522 g/mol. The van der Waals surface area contributed by atoms with Crippen LogP contribution in [-0.4, -0.2) is 34.1 Å². The number of nitrogens with one attached hydrogen (secondary N) is 1. The maximum absolute atomic E-state index is 14.0. The summed E-state index contributed by atoms with van der Waals surface area (Å²) in [7, 11) is 0. The van der Waals surface area contributed by atoms with E-state index in [0.29, 0.717) is 24.5 Å². The van der Waals surface area contributed by atoms with Crippen molar-refractivity contribution in [3.63, 3.8) is 0 Å². The van der Waals surface area contributed by atoms with E-state index in [-0.39, 0.29) is 40.5 Å². The van der Waals surface area contributed by atoms with Crippen molar-refractivity contribution in [2.45, 2.75) is 12.5 Å². The summed E-state index contributed by atoms with van der Waals surface area (Å²) in [6.07, 6.45) is 0.655. The number of H-pyrrole nitrogens is 1. The molecule has 0 spiro atoms. The van der Waals surface area contributed by atoms with Crippen LogP contribution in [0.15, 0.2) is 77.2 Å². The number of carbonyl (C=O) groups excluding carboxylic acids is 1. The van der Waals surface area contributed by atoms with Gasteiger partial charge < -0.3 is 23.8 Å². The molecule has 39 heavy (non-hydrogen) atoms. The van der Waals surface area contributed by atoms with Gasteiger partial charge in [0.1, 0.15) is 5.76 Å². The van der Waals surface area contributed by atoms with Crippen LogP contribution in [0.2, 0.25) is 5.02 Å². The number of nitrogens with zero attached hydrogens (tertiary/aromatic N) is 2. The number of fused-ring (bicyclic) bond motifs is 4. The highest BCUT2D eigenvalue weighted by Crippen LogP contribution is 2.43. The molecule has 0 saturated heterocycles. The summed E-state index contributed by atoms with van der Waals surface area (Å²) in [4.78, 5) is 30.4. The van der Waals surface area contributed by atoms with Crippen molar-refractivity contribution in [3.05, 3.63) is 111 Å². The molecule has 1 amide bonds. The monoisotopic (exact) mass is 541 g/mol. The van der Waals surface area contributed by atoms with Gasteiger partial charge in [-0.15, -0.1) is 0 Å². The highest BCUT2D eigenvalue weighted by Gasteiger charge is 2.37. The summed E-state index contributed by atoms with van der Waals surface area (Å²) in [5, 5.41) is 13.0. The Hall–Kier alpha value is -4.76. The number of nitro benzene ring substituents is 1. The molecule has 2 aromatic heterocycles.